The SMILES string of the molecule is CCC(=O)[C@H]1[C@@H](c2ccc(-c3c(C)ccn3C)cc2)C[C@@H]2CC[C@H]1N2. The highest BCUT2D eigenvalue weighted by molar-refractivity contribution is 5.83. The Morgan fingerprint density at radius 3 is 2.60 bits per heavy atom. The van der Waals surface area contributed by atoms with Crippen molar-refractivity contribution in [2.24, 2.45) is 13.0 Å². The minimum Gasteiger partial charge on any atom is -0.350 e. The number of fused-ring (bicyclic) bond motifs is 2. The highest BCUT2D eigenvalue weighted by Gasteiger charge is 2.44. The Labute approximate surface area is 150 Å². The molecule has 2 bridgehead atoms. The zero-order valence-electron chi connectivity index (χ0n) is 15.5. The van der Waals surface area contributed by atoms with Crippen LogP contribution in [0.2, 0.25) is 0 Å². The van der Waals surface area contributed by atoms with Crippen LogP contribution in [0.1, 0.15) is 49.7 Å². The molecule has 0 aliphatic carbocycles. The summed E-state index contributed by atoms with van der Waals surface area (Å²) in [5.74, 6) is 0.936. The summed E-state index contributed by atoms with van der Waals surface area (Å²) in [6, 6.07) is 12.1. The molecule has 4 rings (SSSR count). The maximum absolute atomic E-state index is 12.6. The van der Waals surface area contributed by atoms with E-state index < -0.39 is 0 Å². The van der Waals surface area contributed by atoms with Gasteiger partial charge in [0.05, 0.1) is 5.69 Å². The summed E-state index contributed by atoms with van der Waals surface area (Å²) in [4.78, 5) is 12.6. The Kier molecular flexibility index (Phi) is 4.28. The van der Waals surface area contributed by atoms with Crippen LogP contribution in [0.15, 0.2) is 36.5 Å². The minimum atomic E-state index is 0.145. The van der Waals surface area contributed by atoms with Gasteiger partial charge in [0.25, 0.3) is 0 Å². The first-order chi connectivity index (χ1) is 12.1. The van der Waals surface area contributed by atoms with E-state index in [-0.39, 0.29) is 5.92 Å². The van der Waals surface area contributed by atoms with Crippen molar-refractivity contribution in [3.05, 3.63) is 47.7 Å². The first-order valence-electron chi connectivity index (χ1n) is 9.59. The summed E-state index contributed by atoms with van der Waals surface area (Å²) in [6.07, 6.45) is 6.21. The molecule has 4 atom stereocenters. The van der Waals surface area contributed by atoms with Gasteiger partial charge in [-0.15, -0.1) is 0 Å². The number of aryl methyl sites for hydroxylation is 2. The second-order valence-corrected chi connectivity index (χ2v) is 7.82. The molecule has 2 saturated heterocycles. The molecule has 25 heavy (non-hydrogen) atoms. The molecule has 0 amide bonds. The minimum absolute atomic E-state index is 0.145. The second-order valence-electron chi connectivity index (χ2n) is 7.82. The second kappa shape index (κ2) is 6.45. The highest BCUT2D eigenvalue weighted by Crippen LogP contribution is 2.43. The zero-order valence-corrected chi connectivity index (χ0v) is 15.5. The van der Waals surface area contributed by atoms with E-state index in [1.165, 1.54) is 28.8 Å². The molecule has 0 radical (unpaired) electrons. The Hall–Kier alpha value is -1.87. The van der Waals surface area contributed by atoms with Crippen LogP contribution in [0.3, 0.4) is 0 Å². The third-order valence-corrected chi connectivity index (χ3v) is 6.29. The van der Waals surface area contributed by atoms with Gasteiger partial charge in [-0.05, 0) is 54.9 Å². The number of Topliss-reactive ketones (excluding diaryl/α,β-unsaturated/α-hetero) is 1. The number of nitrogens with zero attached hydrogens (tertiary/aromatic N) is 1. The molecule has 1 aromatic carbocycles. The van der Waals surface area contributed by atoms with Gasteiger partial charge < -0.3 is 9.88 Å². The maximum Gasteiger partial charge on any atom is 0.137 e. The molecule has 0 spiro atoms. The molecular formula is C22H28N2O. The Morgan fingerprint density at radius 1 is 1.20 bits per heavy atom. The molecular weight excluding hydrogens is 308 g/mol. The molecule has 1 N–H and O–H groups in total. The van der Waals surface area contributed by atoms with Crippen molar-refractivity contribution in [1.82, 2.24) is 9.88 Å². The lowest BCUT2D eigenvalue weighted by atomic mass is 9.74. The summed E-state index contributed by atoms with van der Waals surface area (Å²) >= 11 is 0. The summed E-state index contributed by atoms with van der Waals surface area (Å²) in [7, 11) is 2.09. The molecule has 2 aliphatic heterocycles. The Balaban J connectivity index is 1.65. The molecule has 3 heteroatoms. The van der Waals surface area contributed by atoms with Crippen LogP contribution in [0.4, 0.5) is 0 Å². The lowest BCUT2D eigenvalue weighted by Gasteiger charge is -2.37. The largest absolute Gasteiger partial charge is 0.350 e. The number of piperidine rings is 1. The predicted octanol–water partition coefficient (Wildman–Crippen LogP) is 4.20. The van der Waals surface area contributed by atoms with Crippen LogP contribution in [0.5, 0.6) is 0 Å². The smallest absolute Gasteiger partial charge is 0.137 e. The van der Waals surface area contributed by atoms with E-state index in [0.29, 0.717) is 30.2 Å². The van der Waals surface area contributed by atoms with Gasteiger partial charge in [0.1, 0.15) is 5.78 Å². The molecule has 0 unspecified atom stereocenters. The summed E-state index contributed by atoms with van der Waals surface area (Å²) in [5.41, 5.74) is 5.16. The number of aromatic nitrogens is 1. The lowest BCUT2D eigenvalue weighted by Crippen LogP contribution is -2.47. The Morgan fingerprint density at radius 2 is 1.96 bits per heavy atom. The normalized spacial score (nSPS) is 28.3. The number of nitrogens with one attached hydrogen (secondary N) is 1. The molecule has 1 aromatic heterocycles. The van der Waals surface area contributed by atoms with Gasteiger partial charge in [-0.2, -0.15) is 0 Å². The van der Waals surface area contributed by atoms with Gasteiger partial charge in [0.15, 0.2) is 0 Å². The first kappa shape index (κ1) is 16.6. The molecule has 2 aliphatic rings. The molecule has 0 saturated carbocycles. The van der Waals surface area contributed by atoms with Crippen molar-refractivity contribution in [2.45, 2.75) is 57.5 Å². The highest BCUT2D eigenvalue weighted by atomic mass is 16.1. The van der Waals surface area contributed by atoms with Crippen molar-refractivity contribution >= 4 is 5.78 Å². The average molecular weight is 336 g/mol. The zero-order chi connectivity index (χ0) is 17.6. The van der Waals surface area contributed by atoms with E-state index in [1.54, 1.807) is 0 Å². The summed E-state index contributed by atoms with van der Waals surface area (Å²) < 4.78 is 2.18. The predicted molar refractivity (Wildman–Crippen MR) is 102 cm³/mol. The van der Waals surface area contributed by atoms with Gasteiger partial charge in [-0.25, -0.2) is 0 Å². The fraction of sp³-hybridized carbons (Fsp3) is 0.500. The fourth-order valence-corrected chi connectivity index (χ4v) is 5.06. The number of rotatable bonds is 4. The van der Waals surface area contributed by atoms with Crippen molar-refractivity contribution in [3.63, 3.8) is 0 Å². The Bertz CT molecular complexity index is 754. The van der Waals surface area contributed by atoms with Crippen molar-refractivity contribution in [2.75, 3.05) is 0 Å². The van der Waals surface area contributed by atoms with Crippen LogP contribution in [0.25, 0.3) is 11.3 Å². The number of ketones is 1. The third kappa shape index (κ3) is 2.85. The van der Waals surface area contributed by atoms with Crippen LogP contribution < -0.4 is 5.32 Å². The summed E-state index contributed by atoms with van der Waals surface area (Å²) in [6.45, 7) is 4.16. The van der Waals surface area contributed by atoms with E-state index in [0.717, 1.165) is 12.8 Å². The number of carbonyl (C=O) groups excluding carboxylic acids is 1. The lowest BCUT2D eigenvalue weighted by molar-refractivity contribution is -0.124. The molecule has 2 fully saturated rings. The molecule has 3 heterocycles. The number of carbonyl (C=O) groups is 1. The number of benzene rings is 1. The van der Waals surface area contributed by atoms with Crippen LogP contribution in [0, 0.1) is 12.8 Å². The van der Waals surface area contributed by atoms with Crippen molar-refractivity contribution in [1.29, 1.82) is 0 Å². The van der Waals surface area contributed by atoms with E-state index in [2.05, 4.69) is 60.4 Å². The van der Waals surface area contributed by atoms with E-state index in [9.17, 15) is 4.79 Å². The quantitative estimate of drug-likeness (QED) is 0.908. The van der Waals surface area contributed by atoms with E-state index in [1.807, 2.05) is 6.92 Å². The van der Waals surface area contributed by atoms with Crippen LogP contribution in [-0.2, 0) is 11.8 Å². The van der Waals surface area contributed by atoms with Gasteiger partial charge in [-0.1, -0.05) is 31.2 Å². The van der Waals surface area contributed by atoms with E-state index in [4.69, 9.17) is 0 Å². The van der Waals surface area contributed by atoms with Crippen molar-refractivity contribution in [3.8, 4) is 11.3 Å². The van der Waals surface area contributed by atoms with E-state index >= 15 is 0 Å². The van der Waals surface area contributed by atoms with Gasteiger partial charge >= 0.3 is 0 Å². The van der Waals surface area contributed by atoms with Crippen molar-refractivity contribution < 1.29 is 4.79 Å². The van der Waals surface area contributed by atoms with Gasteiger partial charge in [0, 0.05) is 37.7 Å². The van der Waals surface area contributed by atoms with Crippen LogP contribution >= 0.6 is 0 Å². The molecule has 2 aromatic rings. The average Bonchev–Trinajstić information content (AvgIpc) is 3.17. The fourth-order valence-electron chi connectivity index (χ4n) is 5.06. The standard InChI is InChI=1S/C22H28N2O/c1-4-20(25)21-18(13-17-9-10-19(21)23-17)15-5-7-16(8-6-15)22-14(2)11-12-24(22)3/h5-8,11-12,17-19,21,23H,4,9-10,13H2,1-3H3/t17-,18+,19+,21-/m0/s1. The third-order valence-electron chi connectivity index (χ3n) is 6.29. The first-order valence-corrected chi connectivity index (χ1v) is 9.59. The van der Waals surface area contributed by atoms with Crippen LogP contribution in [-0.4, -0.2) is 22.4 Å². The van der Waals surface area contributed by atoms with Gasteiger partial charge in [-0.3, -0.25) is 4.79 Å². The molecule has 3 nitrogen and oxygen atoms in total. The van der Waals surface area contributed by atoms with Gasteiger partial charge in [0.2, 0.25) is 0 Å². The topological polar surface area (TPSA) is 34.0 Å². The summed E-state index contributed by atoms with van der Waals surface area (Å²) in [5, 5.41) is 3.68. The molecule has 132 valence electrons. The number of hydrogen-bond donors (Lipinski definition) is 1. The maximum atomic E-state index is 12.6. The number of hydrogen-bond acceptors (Lipinski definition) is 2. The monoisotopic (exact) mass is 336 g/mol.